The van der Waals surface area contributed by atoms with Crippen LogP contribution in [0.15, 0.2) is 29.2 Å². The van der Waals surface area contributed by atoms with E-state index in [-0.39, 0.29) is 10.8 Å². The van der Waals surface area contributed by atoms with Gasteiger partial charge < -0.3 is 5.32 Å². The van der Waals surface area contributed by atoms with E-state index in [1.54, 1.807) is 12.1 Å². The minimum atomic E-state index is -3.22. The zero-order valence-corrected chi connectivity index (χ0v) is 14.7. The lowest BCUT2D eigenvalue weighted by atomic mass is 10.0. The molecule has 1 aromatic rings. The Balaban J connectivity index is 1.85. The summed E-state index contributed by atoms with van der Waals surface area (Å²) >= 11 is 0. The van der Waals surface area contributed by atoms with Crippen molar-refractivity contribution in [1.82, 2.24) is 10.2 Å². The summed E-state index contributed by atoms with van der Waals surface area (Å²) in [6, 6.07) is 6.70. The van der Waals surface area contributed by atoms with Crippen LogP contribution in [0.1, 0.15) is 43.0 Å². The van der Waals surface area contributed by atoms with Crippen LogP contribution in [0.4, 0.5) is 0 Å². The highest BCUT2D eigenvalue weighted by Crippen LogP contribution is 2.18. The predicted octanol–water partition coefficient (Wildman–Crippen LogP) is 2.08. The van der Waals surface area contributed by atoms with Crippen LogP contribution in [-0.4, -0.2) is 51.2 Å². The molecule has 1 atom stereocenters. The topological polar surface area (TPSA) is 66.5 Å². The maximum Gasteiger partial charge on any atom is 0.251 e. The summed E-state index contributed by atoms with van der Waals surface area (Å²) in [4.78, 5) is 14.8. The first-order valence-corrected chi connectivity index (χ1v) is 10.1. The van der Waals surface area contributed by atoms with Gasteiger partial charge >= 0.3 is 0 Å². The Morgan fingerprint density at radius 3 is 2.57 bits per heavy atom. The number of hydrogen-bond acceptors (Lipinski definition) is 4. The molecule has 1 saturated heterocycles. The molecule has 1 fully saturated rings. The lowest BCUT2D eigenvalue weighted by molar-refractivity contribution is 0.0934. The number of nitrogens with one attached hydrogen (secondary N) is 1. The van der Waals surface area contributed by atoms with Crippen LogP contribution in [0.2, 0.25) is 0 Å². The highest BCUT2D eigenvalue weighted by atomic mass is 32.2. The fourth-order valence-electron chi connectivity index (χ4n) is 3.09. The average molecular weight is 338 g/mol. The van der Waals surface area contributed by atoms with E-state index in [4.69, 9.17) is 0 Å². The molecule has 2 rings (SSSR count). The second kappa shape index (κ2) is 7.93. The second-order valence-corrected chi connectivity index (χ2v) is 8.16. The molecule has 0 aromatic heterocycles. The Hall–Kier alpha value is -1.40. The maximum atomic E-state index is 12.1. The Labute approximate surface area is 139 Å². The van der Waals surface area contributed by atoms with Crippen molar-refractivity contribution in [2.24, 2.45) is 0 Å². The molecule has 1 aliphatic rings. The lowest BCUT2D eigenvalue weighted by Crippen LogP contribution is -2.43. The number of sulfone groups is 1. The van der Waals surface area contributed by atoms with Crippen molar-refractivity contribution in [3.63, 3.8) is 0 Å². The molecule has 0 saturated carbocycles. The van der Waals surface area contributed by atoms with Gasteiger partial charge in [-0.2, -0.15) is 0 Å². The molecule has 5 nitrogen and oxygen atoms in total. The molecule has 0 spiro atoms. The summed E-state index contributed by atoms with van der Waals surface area (Å²) in [7, 11) is -3.22. The first-order valence-electron chi connectivity index (χ1n) is 8.24. The molecule has 128 valence electrons. The summed E-state index contributed by atoms with van der Waals surface area (Å²) in [6.07, 6.45) is 6.09. The quantitative estimate of drug-likeness (QED) is 0.862. The van der Waals surface area contributed by atoms with E-state index >= 15 is 0 Å². The number of hydrogen-bond donors (Lipinski definition) is 1. The van der Waals surface area contributed by atoms with Crippen LogP contribution < -0.4 is 5.32 Å². The van der Waals surface area contributed by atoms with Gasteiger partial charge in [-0.3, -0.25) is 9.69 Å². The maximum absolute atomic E-state index is 12.1. The number of nitrogens with zero attached hydrogens (tertiary/aromatic N) is 1. The number of benzene rings is 1. The molecule has 1 aromatic carbocycles. The summed E-state index contributed by atoms with van der Waals surface area (Å²) in [6.45, 7) is 4.80. The fraction of sp³-hybridized carbons (Fsp3) is 0.588. The Kier molecular flexibility index (Phi) is 6.18. The van der Waals surface area contributed by atoms with Gasteiger partial charge in [-0.05, 0) is 50.1 Å². The van der Waals surface area contributed by atoms with Gasteiger partial charge in [0.05, 0.1) is 4.90 Å². The third kappa shape index (κ3) is 5.04. The first-order chi connectivity index (χ1) is 10.9. The number of amides is 1. The van der Waals surface area contributed by atoms with E-state index in [0.29, 0.717) is 18.2 Å². The van der Waals surface area contributed by atoms with E-state index in [1.165, 1.54) is 31.4 Å². The Morgan fingerprint density at radius 1 is 1.26 bits per heavy atom. The summed E-state index contributed by atoms with van der Waals surface area (Å²) < 4.78 is 22.8. The molecule has 0 bridgehead atoms. The van der Waals surface area contributed by atoms with Gasteiger partial charge in [-0.25, -0.2) is 8.42 Å². The van der Waals surface area contributed by atoms with E-state index in [2.05, 4.69) is 17.1 Å². The zero-order valence-electron chi connectivity index (χ0n) is 13.9. The highest BCUT2D eigenvalue weighted by Gasteiger charge is 2.20. The van der Waals surface area contributed by atoms with E-state index in [9.17, 15) is 13.2 Å². The van der Waals surface area contributed by atoms with Crippen LogP contribution in [0.25, 0.3) is 0 Å². The number of carbonyl (C=O) groups is 1. The fourth-order valence-corrected chi connectivity index (χ4v) is 3.72. The van der Waals surface area contributed by atoms with Crippen molar-refractivity contribution in [2.45, 2.75) is 43.5 Å². The molecule has 1 amide bonds. The minimum Gasteiger partial charge on any atom is -0.351 e. The molecule has 0 aliphatic carbocycles. The Morgan fingerprint density at radius 2 is 1.96 bits per heavy atom. The summed E-state index contributed by atoms with van der Waals surface area (Å²) in [5.41, 5.74) is 0.489. The van der Waals surface area contributed by atoms with E-state index in [1.807, 2.05) is 0 Å². The van der Waals surface area contributed by atoms with Gasteiger partial charge in [0.25, 0.3) is 5.91 Å². The standard InChI is InChI=1S/C17H26N2O3S/c1-3-15-6-4-5-12-19(15)13-11-18-17(20)14-7-9-16(10-8-14)23(2,21)22/h7-10,15H,3-6,11-13H2,1-2H3,(H,18,20)/t15-/m1/s1. The van der Waals surface area contributed by atoms with Gasteiger partial charge in [-0.1, -0.05) is 13.3 Å². The van der Waals surface area contributed by atoms with Crippen LogP contribution >= 0.6 is 0 Å². The average Bonchev–Trinajstić information content (AvgIpc) is 2.54. The molecular formula is C17H26N2O3S. The predicted molar refractivity (Wildman–Crippen MR) is 91.4 cm³/mol. The number of piperidine rings is 1. The first kappa shape index (κ1) is 17.9. The zero-order chi connectivity index (χ0) is 16.9. The van der Waals surface area contributed by atoms with Gasteiger partial charge in [0.1, 0.15) is 0 Å². The van der Waals surface area contributed by atoms with Crippen molar-refractivity contribution in [3.05, 3.63) is 29.8 Å². The van der Waals surface area contributed by atoms with Crippen LogP contribution in [-0.2, 0) is 9.84 Å². The molecule has 1 N–H and O–H groups in total. The van der Waals surface area contributed by atoms with Crippen molar-refractivity contribution in [1.29, 1.82) is 0 Å². The molecule has 23 heavy (non-hydrogen) atoms. The van der Waals surface area contributed by atoms with Gasteiger partial charge in [0.2, 0.25) is 0 Å². The molecular weight excluding hydrogens is 312 g/mol. The second-order valence-electron chi connectivity index (χ2n) is 6.15. The number of rotatable bonds is 6. The van der Waals surface area contributed by atoms with Crippen LogP contribution in [0, 0.1) is 0 Å². The van der Waals surface area contributed by atoms with Crippen LogP contribution in [0.5, 0.6) is 0 Å². The number of likely N-dealkylation sites (tertiary alicyclic amines) is 1. The molecule has 0 unspecified atom stereocenters. The van der Waals surface area contributed by atoms with Crippen molar-refractivity contribution in [3.8, 4) is 0 Å². The molecule has 0 radical (unpaired) electrons. The molecule has 1 heterocycles. The molecule has 6 heteroatoms. The normalized spacial score (nSPS) is 19.5. The highest BCUT2D eigenvalue weighted by molar-refractivity contribution is 7.90. The summed E-state index contributed by atoms with van der Waals surface area (Å²) in [5.74, 6) is -0.157. The number of carbonyl (C=O) groups excluding carboxylic acids is 1. The van der Waals surface area contributed by atoms with Gasteiger partial charge in [0, 0.05) is 31.0 Å². The monoisotopic (exact) mass is 338 g/mol. The van der Waals surface area contributed by atoms with E-state index in [0.717, 1.165) is 25.8 Å². The Bertz CT molecular complexity index is 626. The van der Waals surface area contributed by atoms with Crippen molar-refractivity contribution < 1.29 is 13.2 Å². The van der Waals surface area contributed by atoms with E-state index < -0.39 is 9.84 Å². The minimum absolute atomic E-state index is 0.157. The smallest absolute Gasteiger partial charge is 0.251 e. The van der Waals surface area contributed by atoms with Crippen molar-refractivity contribution in [2.75, 3.05) is 25.9 Å². The summed E-state index contributed by atoms with van der Waals surface area (Å²) in [5, 5.41) is 2.92. The van der Waals surface area contributed by atoms with Crippen LogP contribution in [0.3, 0.4) is 0 Å². The third-order valence-corrected chi connectivity index (χ3v) is 5.58. The lowest BCUT2D eigenvalue weighted by Gasteiger charge is -2.35. The SMILES string of the molecule is CC[C@@H]1CCCCN1CCNC(=O)c1ccc(S(C)(=O)=O)cc1. The van der Waals surface area contributed by atoms with Gasteiger partial charge in [-0.15, -0.1) is 0 Å². The van der Waals surface area contributed by atoms with Gasteiger partial charge in [0.15, 0.2) is 9.84 Å². The third-order valence-electron chi connectivity index (χ3n) is 4.45. The largest absolute Gasteiger partial charge is 0.351 e. The van der Waals surface area contributed by atoms with Crippen molar-refractivity contribution >= 4 is 15.7 Å². The molecule has 1 aliphatic heterocycles.